The lowest BCUT2D eigenvalue weighted by molar-refractivity contribution is -0.129. The average molecular weight is 434 g/mol. The van der Waals surface area contributed by atoms with Gasteiger partial charge in [-0.1, -0.05) is 30.1 Å². The average Bonchev–Trinajstić information content (AvgIpc) is 3.02. The first-order chi connectivity index (χ1) is 10.9. The molecule has 0 bridgehead atoms. The van der Waals surface area contributed by atoms with Crippen LogP contribution in [-0.4, -0.2) is 16.8 Å². The van der Waals surface area contributed by atoms with Crippen molar-refractivity contribution in [2.45, 2.75) is 13.0 Å². The van der Waals surface area contributed by atoms with E-state index in [4.69, 9.17) is 23.2 Å². The second kappa shape index (κ2) is 6.43. The van der Waals surface area contributed by atoms with Crippen LogP contribution < -0.4 is 5.01 Å². The molecule has 0 aliphatic carbocycles. The van der Waals surface area contributed by atoms with Crippen LogP contribution in [0.2, 0.25) is 10.0 Å². The summed E-state index contributed by atoms with van der Waals surface area (Å²) in [7, 11) is 0. The summed E-state index contributed by atoms with van der Waals surface area (Å²) in [6, 6.07) is 8.76. The number of carbonyl (C=O) groups is 1. The Morgan fingerprint density at radius 2 is 2.09 bits per heavy atom. The molecule has 4 nitrogen and oxygen atoms in total. The molecule has 0 amide bonds. The Kier molecular flexibility index (Phi) is 4.69. The van der Waals surface area contributed by atoms with Crippen molar-refractivity contribution >= 4 is 67.8 Å². The van der Waals surface area contributed by atoms with Crippen LogP contribution >= 0.6 is 50.5 Å². The third-order valence-electron chi connectivity index (χ3n) is 3.65. The molecule has 1 N–H and O–H groups in total. The minimum absolute atomic E-state index is 0.116. The van der Waals surface area contributed by atoms with Gasteiger partial charge in [0.05, 0.1) is 20.5 Å². The van der Waals surface area contributed by atoms with Crippen LogP contribution in [0.3, 0.4) is 0 Å². The van der Waals surface area contributed by atoms with Gasteiger partial charge in [0.15, 0.2) is 5.71 Å². The first-order valence-corrected chi connectivity index (χ1v) is 9.06. The molecule has 3 rings (SSSR count). The van der Waals surface area contributed by atoms with Crippen LogP contribution in [0.15, 0.2) is 39.2 Å². The maximum Gasteiger partial charge on any atom is 0.352 e. The number of aliphatic carboxylic acids is 1. The zero-order valence-electron chi connectivity index (χ0n) is 11.8. The Bertz CT molecular complexity index is 809. The summed E-state index contributed by atoms with van der Waals surface area (Å²) >= 11 is 17.2. The lowest BCUT2D eigenvalue weighted by Crippen LogP contribution is -2.25. The summed E-state index contributed by atoms with van der Waals surface area (Å²) in [6.07, 6.45) is 0. The third kappa shape index (κ3) is 3.13. The maximum atomic E-state index is 11.5. The van der Waals surface area contributed by atoms with E-state index in [0.717, 1.165) is 8.66 Å². The van der Waals surface area contributed by atoms with E-state index >= 15 is 0 Å². The predicted octanol–water partition coefficient (Wildman–Crippen LogP) is 5.46. The molecule has 2 aromatic rings. The first-order valence-electron chi connectivity index (χ1n) is 6.70. The zero-order chi connectivity index (χ0) is 16.7. The molecule has 120 valence electrons. The SMILES string of the molecule is C[C@H]1C(C(=O)O)=NN(c2ccc(Cl)cc2Cl)[C@@H]1c1ccc(Br)s1. The van der Waals surface area contributed by atoms with E-state index in [1.54, 1.807) is 34.5 Å². The maximum absolute atomic E-state index is 11.5. The molecular formula is C15H11BrCl2N2O2S. The summed E-state index contributed by atoms with van der Waals surface area (Å²) in [6.45, 7) is 1.86. The van der Waals surface area contributed by atoms with Crippen molar-refractivity contribution in [3.05, 3.63) is 49.0 Å². The van der Waals surface area contributed by atoms with Crippen molar-refractivity contribution in [1.82, 2.24) is 0 Å². The fourth-order valence-corrected chi connectivity index (χ4v) is 4.70. The summed E-state index contributed by atoms with van der Waals surface area (Å²) < 4.78 is 0.977. The van der Waals surface area contributed by atoms with E-state index in [9.17, 15) is 9.90 Å². The standard InChI is InChI=1S/C15H11BrCl2N2O2S/c1-7-13(15(21)22)19-20(10-3-2-8(17)6-9(10)18)14(7)11-4-5-12(16)23-11/h2-7,14H,1H3,(H,21,22)/t7-,14-/m0/s1. The molecule has 0 radical (unpaired) electrons. The Morgan fingerprint density at radius 3 is 2.65 bits per heavy atom. The number of hydrogen-bond donors (Lipinski definition) is 1. The smallest absolute Gasteiger partial charge is 0.352 e. The summed E-state index contributed by atoms with van der Waals surface area (Å²) in [4.78, 5) is 12.5. The molecule has 0 spiro atoms. The molecule has 0 saturated heterocycles. The van der Waals surface area contributed by atoms with Gasteiger partial charge in [0, 0.05) is 15.8 Å². The molecule has 1 aromatic heterocycles. The zero-order valence-corrected chi connectivity index (χ0v) is 15.7. The Labute approximate surface area is 155 Å². The molecule has 0 fully saturated rings. The van der Waals surface area contributed by atoms with Crippen LogP contribution in [0.25, 0.3) is 0 Å². The highest BCUT2D eigenvalue weighted by Crippen LogP contribution is 2.44. The van der Waals surface area contributed by atoms with Crippen molar-refractivity contribution in [3.8, 4) is 0 Å². The van der Waals surface area contributed by atoms with Crippen molar-refractivity contribution < 1.29 is 9.90 Å². The van der Waals surface area contributed by atoms with E-state index in [-0.39, 0.29) is 17.7 Å². The first kappa shape index (κ1) is 16.8. The largest absolute Gasteiger partial charge is 0.477 e. The van der Waals surface area contributed by atoms with Gasteiger partial charge in [-0.3, -0.25) is 5.01 Å². The number of nitrogens with zero attached hydrogens (tertiary/aromatic N) is 2. The highest BCUT2D eigenvalue weighted by molar-refractivity contribution is 9.11. The highest BCUT2D eigenvalue weighted by Gasteiger charge is 2.40. The van der Waals surface area contributed by atoms with E-state index in [2.05, 4.69) is 21.0 Å². The number of hydrazone groups is 1. The quantitative estimate of drug-likeness (QED) is 0.699. The monoisotopic (exact) mass is 432 g/mol. The minimum atomic E-state index is -1.02. The van der Waals surface area contributed by atoms with Gasteiger partial charge in [-0.05, 0) is 46.3 Å². The molecule has 8 heteroatoms. The second-order valence-electron chi connectivity index (χ2n) is 5.11. The molecule has 23 heavy (non-hydrogen) atoms. The van der Waals surface area contributed by atoms with Gasteiger partial charge in [0.25, 0.3) is 0 Å². The lowest BCUT2D eigenvalue weighted by Gasteiger charge is -2.26. The third-order valence-corrected chi connectivity index (χ3v) is 5.88. The number of carboxylic acid groups (broad SMARTS) is 1. The molecular weight excluding hydrogens is 423 g/mol. The molecule has 2 heterocycles. The van der Waals surface area contributed by atoms with Gasteiger partial charge in [-0.25, -0.2) is 4.79 Å². The number of thiophene rings is 1. The molecule has 1 aliphatic heterocycles. The summed E-state index contributed by atoms with van der Waals surface area (Å²) in [5.41, 5.74) is 0.749. The molecule has 0 unspecified atom stereocenters. The van der Waals surface area contributed by atoms with Crippen LogP contribution in [0.1, 0.15) is 17.8 Å². The highest BCUT2D eigenvalue weighted by atomic mass is 79.9. The number of benzene rings is 1. The normalized spacial score (nSPS) is 20.7. The molecule has 1 aliphatic rings. The van der Waals surface area contributed by atoms with E-state index in [0.29, 0.717) is 15.7 Å². The summed E-state index contributed by atoms with van der Waals surface area (Å²) in [5, 5.41) is 16.3. The van der Waals surface area contributed by atoms with Crippen LogP contribution in [0, 0.1) is 5.92 Å². The minimum Gasteiger partial charge on any atom is -0.477 e. The number of carboxylic acids is 1. The van der Waals surface area contributed by atoms with Crippen molar-refractivity contribution in [2.75, 3.05) is 5.01 Å². The van der Waals surface area contributed by atoms with Crippen molar-refractivity contribution in [2.24, 2.45) is 11.0 Å². The topological polar surface area (TPSA) is 52.9 Å². The molecule has 0 saturated carbocycles. The Hall–Kier alpha value is -1.08. The van der Waals surface area contributed by atoms with Gasteiger partial charge >= 0.3 is 5.97 Å². The number of rotatable bonds is 3. The summed E-state index contributed by atoms with van der Waals surface area (Å²) in [5.74, 6) is -1.30. The van der Waals surface area contributed by atoms with E-state index < -0.39 is 5.97 Å². The van der Waals surface area contributed by atoms with Gasteiger partial charge in [0.2, 0.25) is 0 Å². The van der Waals surface area contributed by atoms with Crippen molar-refractivity contribution in [3.63, 3.8) is 0 Å². The van der Waals surface area contributed by atoms with Crippen molar-refractivity contribution in [1.29, 1.82) is 0 Å². The van der Waals surface area contributed by atoms with E-state index in [1.165, 1.54) is 0 Å². The van der Waals surface area contributed by atoms with Crippen LogP contribution in [0.4, 0.5) is 5.69 Å². The molecule has 2 atom stereocenters. The van der Waals surface area contributed by atoms with Gasteiger partial charge < -0.3 is 5.11 Å². The number of hydrogen-bond acceptors (Lipinski definition) is 4. The van der Waals surface area contributed by atoms with E-state index in [1.807, 2.05) is 19.1 Å². The molecule has 1 aromatic carbocycles. The number of halogens is 3. The van der Waals surface area contributed by atoms with Crippen LogP contribution in [0.5, 0.6) is 0 Å². The number of anilines is 1. The Balaban J connectivity index is 2.11. The van der Waals surface area contributed by atoms with Crippen LogP contribution in [-0.2, 0) is 4.79 Å². The lowest BCUT2D eigenvalue weighted by atomic mass is 9.96. The predicted molar refractivity (Wildman–Crippen MR) is 97.9 cm³/mol. The van der Waals surface area contributed by atoms with Gasteiger partial charge in [0.1, 0.15) is 0 Å². The Morgan fingerprint density at radius 1 is 1.35 bits per heavy atom. The fourth-order valence-electron chi connectivity index (χ4n) is 2.59. The second-order valence-corrected chi connectivity index (χ2v) is 8.44. The fraction of sp³-hybridized carbons (Fsp3) is 0.200. The van der Waals surface area contributed by atoms with Gasteiger partial charge in [-0.15, -0.1) is 11.3 Å². The van der Waals surface area contributed by atoms with Gasteiger partial charge in [-0.2, -0.15) is 5.10 Å².